The minimum absolute atomic E-state index is 0.202. The van der Waals surface area contributed by atoms with Crippen LogP contribution in [-0.2, 0) is 4.79 Å². The van der Waals surface area contributed by atoms with Crippen molar-refractivity contribution in [2.24, 2.45) is 0 Å². The summed E-state index contributed by atoms with van der Waals surface area (Å²) in [7, 11) is 0. The molecule has 0 bridgehead atoms. The van der Waals surface area contributed by atoms with Gasteiger partial charge in [0.2, 0.25) is 5.91 Å². The van der Waals surface area contributed by atoms with Crippen molar-refractivity contribution in [3.05, 3.63) is 54.8 Å². The smallest absolute Gasteiger partial charge is 0.247 e. The third-order valence-corrected chi connectivity index (χ3v) is 1.49. The summed E-state index contributed by atoms with van der Waals surface area (Å²) in [5.74, 6) is -0.202. The fourth-order valence-electron chi connectivity index (χ4n) is 0.843. The molecule has 66 valence electrons. The molecule has 0 spiro atoms. The third kappa shape index (κ3) is 3.38. The van der Waals surface area contributed by atoms with Crippen LogP contribution in [0.4, 0.5) is 0 Å². The molecular formula is C11H11NO. The van der Waals surface area contributed by atoms with Crippen LogP contribution in [0.25, 0.3) is 6.08 Å². The fraction of sp³-hybridized carbons (Fsp3) is 0. The molecule has 2 nitrogen and oxygen atoms in total. The van der Waals surface area contributed by atoms with Crippen LogP contribution in [-0.4, -0.2) is 5.91 Å². The van der Waals surface area contributed by atoms with E-state index >= 15 is 0 Å². The predicted octanol–water partition coefficient (Wildman–Crippen LogP) is 1.96. The molecule has 1 aromatic rings. The SMILES string of the molecule is C=CC(=O)NC=Cc1ccccc1. The summed E-state index contributed by atoms with van der Waals surface area (Å²) < 4.78 is 0. The van der Waals surface area contributed by atoms with Crippen LogP contribution in [0.3, 0.4) is 0 Å². The Morgan fingerprint density at radius 2 is 2.00 bits per heavy atom. The number of hydrogen-bond donors (Lipinski definition) is 1. The fourth-order valence-corrected chi connectivity index (χ4v) is 0.843. The summed E-state index contributed by atoms with van der Waals surface area (Å²) in [4.78, 5) is 10.7. The minimum atomic E-state index is -0.202. The van der Waals surface area contributed by atoms with E-state index in [1.54, 1.807) is 6.20 Å². The van der Waals surface area contributed by atoms with Crippen LogP contribution in [0.1, 0.15) is 5.56 Å². The third-order valence-electron chi connectivity index (χ3n) is 1.49. The highest BCUT2D eigenvalue weighted by atomic mass is 16.1. The van der Waals surface area contributed by atoms with Crippen LogP contribution >= 0.6 is 0 Å². The van der Waals surface area contributed by atoms with Crippen molar-refractivity contribution in [1.82, 2.24) is 5.32 Å². The summed E-state index contributed by atoms with van der Waals surface area (Å²) in [6.45, 7) is 3.34. The molecule has 0 atom stereocenters. The first-order chi connectivity index (χ1) is 6.33. The molecular weight excluding hydrogens is 162 g/mol. The second-order valence-electron chi connectivity index (χ2n) is 2.46. The second-order valence-corrected chi connectivity index (χ2v) is 2.46. The van der Waals surface area contributed by atoms with Gasteiger partial charge in [0.1, 0.15) is 0 Å². The van der Waals surface area contributed by atoms with Gasteiger partial charge in [0.15, 0.2) is 0 Å². The lowest BCUT2D eigenvalue weighted by molar-refractivity contribution is -0.115. The molecule has 1 N–H and O–H groups in total. The van der Waals surface area contributed by atoms with E-state index in [0.717, 1.165) is 5.56 Å². The molecule has 0 saturated heterocycles. The van der Waals surface area contributed by atoms with Crippen LogP contribution in [0.5, 0.6) is 0 Å². The molecule has 1 aromatic carbocycles. The maximum absolute atomic E-state index is 10.7. The molecule has 0 radical (unpaired) electrons. The molecule has 0 aliphatic heterocycles. The summed E-state index contributed by atoms with van der Waals surface area (Å²) in [5, 5.41) is 2.54. The summed E-state index contributed by atoms with van der Waals surface area (Å²) in [6.07, 6.45) is 4.65. The summed E-state index contributed by atoms with van der Waals surface area (Å²) in [5.41, 5.74) is 1.05. The van der Waals surface area contributed by atoms with Crippen molar-refractivity contribution < 1.29 is 4.79 Å². The Morgan fingerprint density at radius 1 is 1.31 bits per heavy atom. The molecule has 2 heteroatoms. The first-order valence-corrected chi connectivity index (χ1v) is 3.97. The Balaban J connectivity index is 2.50. The van der Waals surface area contributed by atoms with Gasteiger partial charge in [-0.2, -0.15) is 0 Å². The number of nitrogens with one attached hydrogen (secondary N) is 1. The highest BCUT2D eigenvalue weighted by molar-refractivity contribution is 5.88. The van der Waals surface area contributed by atoms with E-state index in [9.17, 15) is 4.79 Å². The molecule has 13 heavy (non-hydrogen) atoms. The van der Waals surface area contributed by atoms with E-state index in [1.165, 1.54) is 6.08 Å². The zero-order chi connectivity index (χ0) is 9.52. The van der Waals surface area contributed by atoms with Gasteiger partial charge in [0.05, 0.1) is 0 Å². The first kappa shape index (κ1) is 9.26. The molecule has 0 unspecified atom stereocenters. The molecule has 1 rings (SSSR count). The Labute approximate surface area is 77.6 Å². The average Bonchev–Trinajstić information content (AvgIpc) is 2.19. The Bertz CT molecular complexity index is 314. The predicted molar refractivity (Wildman–Crippen MR) is 53.8 cm³/mol. The van der Waals surface area contributed by atoms with Crippen molar-refractivity contribution in [3.8, 4) is 0 Å². The average molecular weight is 173 g/mol. The van der Waals surface area contributed by atoms with Crippen molar-refractivity contribution in [2.45, 2.75) is 0 Å². The summed E-state index contributed by atoms with van der Waals surface area (Å²) >= 11 is 0. The standard InChI is InChI=1S/C11H11NO/c1-2-11(13)12-9-8-10-6-4-3-5-7-10/h2-9H,1H2,(H,12,13). The van der Waals surface area contributed by atoms with Gasteiger partial charge in [0, 0.05) is 6.20 Å². The van der Waals surface area contributed by atoms with Gasteiger partial charge in [-0.25, -0.2) is 0 Å². The topological polar surface area (TPSA) is 29.1 Å². The van der Waals surface area contributed by atoms with E-state index < -0.39 is 0 Å². The number of benzene rings is 1. The Kier molecular flexibility index (Phi) is 3.51. The normalized spacial score (nSPS) is 9.85. The van der Waals surface area contributed by atoms with E-state index in [1.807, 2.05) is 36.4 Å². The second kappa shape index (κ2) is 4.93. The minimum Gasteiger partial charge on any atom is -0.329 e. The van der Waals surface area contributed by atoms with E-state index in [-0.39, 0.29) is 5.91 Å². The van der Waals surface area contributed by atoms with Crippen molar-refractivity contribution in [1.29, 1.82) is 0 Å². The lowest BCUT2D eigenvalue weighted by atomic mass is 10.2. The van der Waals surface area contributed by atoms with Gasteiger partial charge in [-0.05, 0) is 17.7 Å². The molecule has 0 aromatic heterocycles. The van der Waals surface area contributed by atoms with E-state index in [2.05, 4.69) is 11.9 Å². The molecule has 0 aliphatic carbocycles. The highest BCUT2D eigenvalue weighted by Gasteiger charge is 1.86. The van der Waals surface area contributed by atoms with Crippen LogP contribution in [0.15, 0.2) is 49.2 Å². The number of hydrogen-bond acceptors (Lipinski definition) is 1. The highest BCUT2D eigenvalue weighted by Crippen LogP contribution is 1.99. The first-order valence-electron chi connectivity index (χ1n) is 3.97. The van der Waals surface area contributed by atoms with Crippen molar-refractivity contribution >= 4 is 12.0 Å². The van der Waals surface area contributed by atoms with Crippen molar-refractivity contribution in [2.75, 3.05) is 0 Å². The van der Waals surface area contributed by atoms with Gasteiger partial charge < -0.3 is 5.32 Å². The molecule has 1 amide bonds. The van der Waals surface area contributed by atoms with Gasteiger partial charge in [-0.3, -0.25) is 4.79 Å². The Morgan fingerprint density at radius 3 is 2.62 bits per heavy atom. The van der Waals surface area contributed by atoms with Gasteiger partial charge in [0.25, 0.3) is 0 Å². The maximum Gasteiger partial charge on any atom is 0.247 e. The quantitative estimate of drug-likeness (QED) is 0.695. The van der Waals surface area contributed by atoms with Gasteiger partial charge in [-0.1, -0.05) is 36.9 Å². The molecule has 0 saturated carbocycles. The molecule has 0 aliphatic rings. The molecule has 0 fully saturated rings. The van der Waals surface area contributed by atoms with Crippen molar-refractivity contribution in [3.63, 3.8) is 0 Å². The zero-order valence-corrected chi connectivity index (χ0v) is 7.23. The van der Waals surface area contributed by atoms with Gasteiger partial charge in [-0.15, -0.1) is 0 Å². The number of carbonyl (C=O) groups is 1. The van der Waals surface area contributed by atoms with E-state index in [4.69, 9.17) is 0 Å². The van der Waals surface area contributed by atoms with Gasteiger partial charge >= 0.3 is 0 Å². The zero-order valence-electron chi connectivity index (χ0n) is 7.23. The summed E-state index contributed by atoms with van der Waals surface area (Å²) in [6, 6.07) is 9.73. The largest absolute Gasteiger partial charge is 0.329 e. The lowest BCUT2D eigenvalue weighted by Crippen LogP contribution is -2.12. The van der Waals surface area contributed by atoms with Crippen LogP contribution < -0.4 is 5.32 Å². The van der Waals surface area contributed by atoms with Crippen LogP contribution in [0.2, 0.25) is 0 Å². The number of carbonyl (C=O) groups excluding carboxylic acids is 1. The monoisotopic (exact) mass is 173 g/mol. The lowest BCUT2D eigenvalue weighted by Gasteiger charge is -1.92. The van der Waals surface area contributed by atoms with Crippen LogP contribution in [0, 0.1) is 0 Å². The molecule has 0 heterocycles. The maximum atomic E-state index is 10.7. The number of rotatable bonds is 3. The Hall–Kier alpha value is -1.83. The number of amides is 1. The van der Waals surface area contributed by atoms with E-state index in [0.29, 0.717) is 0 Å².